The third-order valence-electron chi connectivity index (χ3n) is 6.60. The van der Waals surface area contributed by atoms with Crippen molar-refractivity contribution in [3.63, 3.8) is 0 Å². The number of aliphatic hydroxyl groups excluding tert-OH is 2. The predicted octanol–water partition coefficient (Wildman–Crippen LogP) is 1.49. The number of hydrogen-bond acceptors (Lipinski definition) is 8. The maximum atomic E-state index is 12.3. The summed E-state index contributed by atoms with van der Waals surface area (Å²) in [5, 5.41) is 25.7. The van der Waals surface area contributed by atoms with Crippen molar-refractivity contribution < 1.29 is 38.9 Å². The summed E-state index contributed by atoms with van der Waals surface area (Å²) >= 11 is 0. The standard InChI is InChI=1S/C28H34N4O8/c1-27(2)23(35)31(25(37)29-27)13-19(33)15-39-21-9-5-17(6-10-21)18-7-11-22(12-8-18)40-16-20(34)14-32-24(36)28(3,4)30-26(32)38/h5-12,19-20,33-34H,13-16H2,1-4H3,(H,29,37)(H,30,38)/t19-,20+. The van der Waals surface area contributed by atoms with Crippen molar-refractivity contribution in [3.05, 3.63) is 48.5 Å². The maximum Gasteiger partial charge on any atom is 0.325 e. The van der Waals surface area contributed by atoms with E-state index in [2.05, 4.69) is 10.6 Å². The first-order valence-corrected chi connectivity index (χ1v) is 12.9. The van der Waals surface area contributed by atoms with E-state index in [-0.39, 0.29) is 26.3 Å². The second kappa shape index (κ2) is 11.1. The number of carbonyl (C=O) groups excluding carboxylic acids is 4. The van der Waals surface area contributed by atoms with Crippen LogP contribution in [0.15, 0.2) is 48.5 Å². The summed E-state index contributed by atoms with van der Waals surface area (Å²) in [4.78, 5) is 50.4. The molecule has 0 aliphatic carbocycles. The third-order valence-corrected chi connectivity index (χ3v) is 6.60. The Labute approximate surface area is 231 Å². The summed E-state index contributed by atoms with van der Waals surface area (Å²) in [7, 11) is 0. The quantitative estimate of drug-likeness (QED) is 0.304. The summed E-state index contributed by atoms with van der Waals surface area (Å²) in [6.45, 7) is 5.89. The van der Waals surface area contributed by atoms with Crippen LogP contribution in [0.3, 0.4) is 0 Å². The zero-order valence-electron chi connectivity index (χ0n) is 22.8. The van der Waals surface area contributed by atoms with Crippen LogP contribution >= 0.6 is 0 Å². The highest BCUT2D eigenvalue weighted by molar-refractivity contribution is 6.07. The minimum absolute atomic E-state index is 0.0942. The van der Waals surface area contributed by atoms with Gasteiger partial charge < -0.3 is 30.3 Å². The largest absolute Gasteiger partial charge is 0.491 e. The van der Waals surface area contributed by atoms with Crippen molar-refractivity contribution in [2.75, 3.05) is 26.3 Å². The second-order valence-electron chi connectivity index (χ2n) is 10.9. The van der Waals surface area contributed by atoms with Gasteiger partial charge in [0.15, 0.2) is 0 Å². The van der Waals surface area contributed by atoms with Crippen LogP contribution in [-0.2, 0) is 9.59 Å². The number of amides is 6. The monoisotopic (exact) mass is 554 g/mol. The predicted molar refractivity (Wildman–Crippen MR) is 144 cm³/mol. The van der Waals surface area contributed by atoms with Gasteiger partial charge in [-0.25, -0.2) is 9.59 Å². The van der Waals surface area contributed by atoms with Crippen molar-refractivity contribution in [2.45, 2.75) is 51.0 Å². The van der Waals surface area contributed by atoms with E-state index in [4.69, 9.17) is 9.47 Å². The SMILES string of the molecule is CC1(C)NC(=O)N(C[C@H](O)COc2ccc(-c3ccc(OC[C@H](O)CN4C(=O)NC(C)(C)C4=O)cc3)cc2)C1=O. The molecule has 0 saturated carbocycles. The second-order valence-corrected chi connectivity index (χ2v) is 10.9. The van der Waals surface area contributed by atoms with Crippen LogP contribution in [0.1, 0.15) is 27.7 Å². The van der Waals surface area contributed by atoms with Gasteiger partial charge in [-0.3, -0.25) is 19.4 Å². The molecule has 2 aromatic carbocycles. The molecule has 2 saturated heterocycles. The minimum atomic E-state index is -1.05. The average Bonchev–Trinajstić information content (AvgIpc) is 3.22. The Kier molecular flexibility index (Phi) is 8.03. The van der Waals surface area contributed by atoms with Crippen LogP contribution in [0.25, 0.3) is 11.1 Å². The molecule has 2 aliphatic rings. The van der Waals surface area contributed by atoms with Gasteiger partial charge in [-0.05, 0) is 63.1 Å². The number of ether oxygens (including phenoxy) is 2. The molecule has 0 unspecified atom stereocenters. The normalized spacial score (nSPS) is 19.4. The van der Waals surface area contributed by atoms with Gasteiger partial charge in [0, 0.05) is 0 Å². The van der Waals surface area contributed by atoms with Crippen molar-refractivity contribution in [1.29, 1.82) is 0 Å². The topological polar surface area (TPSA) is 158 Å². The summed E-state index contributed by atoms with van der Waals surface area (Å²) < 4.78 is 11.2. The maximum absolute atomic E-state index is 12.3. The molecule has 2 aliphatic heterocycles. The van der Waals surface area contributed by atoms with Crippen molar-refractivity contribution in [3.8, 4) is 22.6 Å². The van der Waals surface area contributed by atoms with Gasteiger partial charge in [0.25, 0.3) is 11.8 Å². The van der Waals surface area contributed by atoms with Crippen LogP contribution in [-0.4, -0.2) is 93.5 Å². The van der Waals surface area contributed by atoms with Crippen molar-refractivity contribution in [2.24, 2.45) is 0 Å². The number of carbonyl (C=O) groups is 4. The number of nitrogens with one attached hydrogen (secondary N) is 2. The number of β-amino-alcohol motifs (C(OH)–C–C–N with tert-alkyl or cyclic N) is 2. The van der Waals surface area contributed by atoms with Gasteiger partial charge in [0.05, 0.1) is 13.1 Å². The van der Waals surface area contributed by atoms with E-state index in [0.717, 1.165) is 20.9 Å². The Morgan fingerprint density at radius 3 is 1.25 bits per heavy atom. The summed E-state index contributed by atoms with van der Waals surface area (Å²) in [5.41, 5.74) is -0.180. The molecule has 0 aromatic heterocycles. The molecule has 12 heteroatoms. The van der Waals surface area contributed by atoms with E-state index < -0.39 is 47.2 Å². The van der Waals surface area contributed by atoms with Crippen LogP contribution < -0.4 is 20.1 Å². The lowest BCUT2D eigenvalue weighted by Crippen LogP contribution is -2.42. The molecule has 6 amide bonds. The zero-order valence-corrected chi connectivity index (χ0v) is 22.8. The third kappa shape index (κ3) is 6.35. The van der Waals surface area contributed by atoms with Gasteiger partial charge in [-0.1, -0.05) is 24.3 Å². The van der Waals surface area contributed by atoms with Gasteiger partial charge in [-0.2, -0.15) is 0 Å². The number of nitrogens with zero attached hydrogens (tertiary/aromatic N) is 2. The van der Waals surface area contributed by atoms with Gasteiger partial charge in [-0.15, -0.1) is 0 Å². The lowest BCUT2D eigenvalue weighted by Gasteiger charge is -2.19. The lowest BCUT2D eigenvalue weighted by atomic mass is 10.1. The molecule has 4 N–H and O–H groups in total. The van der Waals surface area contributed by atoms with E-state index >= 15 is 0 Å². The van der Waals surface area contributed by atoms with Crippen LogP contribution in [0.4, 0.5) is 9.59 Å². The van der Waals surface area contributed by atoms with E-state index in [1.807, 2.05) is 24.3 Å². The van der Waals surface area contributed by atoms with E-state index in [0.29, 0.717) is 11.5 Å². The molecular weight excluding hydrogens is 520 g/mol. The Hall–Kier alpha value is -4.16. The molecule has 12 nitrogen and oxygen atoms in total. The molecule has 2 aromatic rings. The molecule has 40 heavy (non-hydrogen) atoms. The van der Waals surface area contributed by atoms with Crippen molar-refractivity contribution >= 4 is 23.9 Å². The Bertz CT molecular complexity index is 1180. The van der Waals surface area contributed by atoms with Gasteiger partial charge >= 0.3 is 12.1 Å². The fraction of sp³-hybridized carbons (Fsp3) is 0.429. The van der Waals surface area contributed by atoms with Gasteiger partial charge in [0.2, 0.25) is 0 Å². The first kappa shape index (κ1) is 28.8. The number of aliphatic hydroxyl groups is 2. The first-order chi connectivity index (χ1) is 18.8. The zero-order chi connectivity index (χ0) is 29.2. The minimum Gasteiger partial charge on any atom is -0.491 e. The molecule has 2 atom stereocenters. The Balaban J connectivity index is 1.23. The van der Waals surface area contributed by atoms with E-state index in [9.17, 15) is 29.4 Å². The van der Waals surface area contributed by atoms with Gasteiger partial charge in [0.1, 0.15) is 48.0 Å². The van der Waals surface area contributed by atoms with Crippen LogP contribution in [0, 0.1) is 0 Å². The Morgan fingerprint density at radius 2 is 0.975 bits per heavy atom. The fourth-order valence-corrected chi connectivity index (χ4v) is 4.37. The van der Waals surface area contributed by atoms with Crippen LogP contribution in [0.5, 0.6) is 11.5 Å². The Morgan fingerprint density at radius 1 is 0.650 bits per heavy atom. The smallest absolute Gasteiger partial charge is 0.325 e. The number of benzene rings is 2. The lowest BCUT2D eigenvalue weighted by molar-refractivity contribution is -0.132. The molecule has 0 spiro atoms. The number of rotatable bonds is 11. The summed E-state index contributed by atoms with van der Waals surface area (Å²) in [6.07, 6.45) is -2.09. The first-order valence-electron chi connectivity index (χ1n) is 12.9. The average molecular weight is 555 g/mol. The molecule has 2 heterocycles. The molecular formula is C28H34N4O8. The highest BCUT2D eigenvalue weighted by atomic mass is 16.5. The summed E-state index contributed by atoms with van der Waals surface area (Å²) in [5.74, 6) is 0.237. The number of hydrogen-bond donors (Lipinski definition) is 4. The molecule has 0 bridgehead atoms. The fourth-order valence-electron chi connectivity index (χ4n) is 4.37. The molecule has 2 fully saturated rings. The molecule has 214 valence electrons. The van der Waals surface area contributed by atoms with E-state index in [1.165, 1.54) is 0 Å². The highest BCUT2D eigenvalue weighted by Crippen LogP contribution is 2.25. The van der Waals surface area contributed by atoms with Crippen LogP contribution in [0.2, 0.25) is 0 Å². The molecule has 4 rings (SSSR count). The van der Waals surface area contributed by atoms with Crippen molar-refractivity contribution in [1.82, 2.24) is 20.4 Å². The number of urea groups is 2. The summed E-state index contributed by atoms with van der Waals surface area (Å²) in [6, 6.07) is 13.3. The van der Waals surface area contributed by atoms with E-state index in [1.54, 1.807) is 52.0 Å². The number of imide groups is 2. The molecule has 0 radical (unpaired) electrons. The highest BCUT2D eigenvalue weighted by Gasteiger charge is 2.45.